The maximum atomic E-state index is 13.3. The van der Waals surface area contributed by atoms with Crippen molar-refractivity contribution in [1.29, 1.82) is 0 Å². The Morgan fingerprint density at radius 1 is 0.509 bits per heavy atom. The zero-order valence-corrected chi connectivity index (χ0v) is 30.1. The molecule has 1 aromatic heterocycles. The van der Waals surface area contributed by atoms with Crippen LogP contribution >= 0.6 is 0 Å². The number of aldehydes is 1. The van der Waals surface area contributed by atoms with Gasteiger partial charge in [0.25, 0.3) is 0 Å². The van der Waals surface area contributed by atoms with Crippen LogP contribution in [-0.2, 0) is 5.41 Å². The normalized spacial score (nSPS) is 12.1. The van der Waals surface area contributed by atoms with E-state index < -0.39 is 5.41 Å². The van der Waals surface area contributed by atoms with Gasteiger partial charge in [-0.15, -0.1) is 0 Å². The second-order valence-corrected chi connectivity index (χ2v) is 14.1. The highest BCUT2D eigenvalue weighted by atomic mass is 16.6. The van der Waals surface area contributed by atoms with Crippen molar-refractivity contribution in [3.05, 3.63) is 221 Å². The summed E-state index contributed by atoms with van der Waals surface area (Å²) in [6.07, 6.45) is 1.01. The minimum Gasteiger partial charge on any atom is -0.449 e. The SMILES string of the molecule is Cc1ccccc1C(c1ccccc1)(c1ccccc1)c1ccc(-c2ccc(-n3c4ccccc4c4ccc5c(c43)Oc3ccccc3O5)cc2)cc1C=O. The summed E-state index contributed by atoms with van der Waals surface area (Å²) in [7, 11) is 0. The summed E-state index contributed by atoms with van der Waals surface area (Å²) in [6.45, 7) is 2.15. The topological polar surface area (TPSA) is 40.5 Å². The van der Waals surface area contributed by atoms with Crippen molar-refractivity contribution in [2.24, 2.45) is 0 Å². The number of carbonyl (C=O) groups excluding carboxylic acids is 1. The Kier molecular flexibility index (Phi) is 7.70. The van der Waals surface area contributed by atoms with Crippen molar-refractivity contribution in [3.8, 4) is 39.8 Å². The van der Waals surface area contributed by atoms with Crippen molar-refractivity contribution in [3.63, 3.8) is 0 Å². The third-order valence-corrected chi connectivity index (χ3v) is 11.0. The van der Waals surface area contributed by atoms with Crippen molar-refractivity contribution < 1.29 is 14.3 Å². The van der Waals surface area contributed by atoms with Gasteiger partial charge in [0, 0.05) is 22.0 Å². The Balaban J connectivity index is 1.12. The molecule has 262 valence electrons. The lowest BCUT2D eigenvalue weighted by Crippen LogP contribution is -2.33. The molecule has 0 spiro atoms. The van der Waals surface area contributed by atoms with Gasteiger partial charge >= 0.3 is 0 Å². The van der Waals surface area contributed by atoms with Crippen LogP contribution < -0.4 is 9.47 Å². The van der Waals surface area contributed by atoms with E-state index in [4.69, 9.17) is 9.47 Å². The molecule has 4 nitrogen and oxygen atoms in total. The van der Waals surface area contributed by atoms with Crippen LogP contribution in [0.2, 0.25) is 0 Å². The number of ether oxygens (including phenoxy) is 2. The maximum Gasteiger partial charge on any atom is 0.194 e. The molecule has 0 saturated carbocycles. The van der Waals surface area contributed by atoms with E-state index in [2.05, 4.69) is 151 Å². The van der Waals surface area contributed by atoms with Crippen LogP contribution in [0.4, 0.5) is 0 Å². The van der Waals surface area contributed by atoms with Gasteiger partial charge in [-0.25, -0.2) is 0 Å². The first-order valence-electron chi connectivity index (χ1n) is 18.5. The fraction of sp³-hybridized carbons (Fsp3) is 0.0392. The summed E-state index contributed by atoms with van der Waals surface area (Å²) >= 11 is 0. The van der Waals surface area contributed by atoms with Gasteiger partial charge in [0.15, 0.2) is 23.0 Å². The Morgan fingerprint density at radius 3 is 1.84 bits per heavy atom. The zero-order valence-electron chi connectivity index (χ0n) is 30.1. The largest absolute Gasteiger partial charge is 0.449 e. The van der Waals surface area contributed by atoms with E-state index in [1.807, 2.05) is 48.5 Å². The summed E-state index contributed by atoms with van der Waals surface area (Å²) < 4.78 is 15.1. The Hall–Kier alpha value is -7.17. The number of para-hydroxylation sites is 3. The quantitative estimate of drug-likeness (QED) is 0.122. The first kappa shape index (κ1) is 32.5. The van der Waals surface area contributed by atoms with Crippen molar-refractivity contribution in [1.82, 2.24) is 4.57 Å². The van der Waals surface area contributed by atoms with Crippen LogP contribution in [0, 0.1) is 6.92 Å². The molecule has 0 atom stereocenters. The van der Waals surface area contributed by atoms with E-state index in [0.29, 0.717) is 28.6 Å². The van der Waals surface area contributed by atoms with Crippen LogP contribution in [0.5, 0.6) is 23.0 Å². The smallest absolute Gasteiger partial charge is 0.194 e. The first-order valence-corrected chi connectivity index (χ1v) is 18.5. The predicted octanol–water partition coefficient (Wildman–Crippen LogP) is 12.9. The first-order chi connectivity index (χ1) is 27.1. The molecule has 0 radical (unpaired) electrons. The van der Waals surface area contributed by atoms with E-state index in [9.17, 15) is 4.79 Å². The number of hydrogen-bond donors (Lipinski definition) is 0. The molecular formula is C51H35NO3. The number of hydrogen-bond acceptors (Lipinski definition) is 3. The standard InChI is InChI=1S/C51H35NO3/c1-34-14-8-10-20-43(34)51(38-15-4-2-5-16-38,39-17-6-3-7-18-39)44-30-26-36(32-37(44)33-53)35-24-27-40(28-25-35)52-45-21-11-9-19-41(45)42-29-31-48-50(49(42)52)55-47-23-13-12-22-46(47)54-48/h2-33H,1H3. The maximum absolute atomic E-state index is 13.3. The molecule has 0 bridgehead atoms. The van der Waals surface area contributed by atoms with Crippen LogP contribution in [-0.4, -0.2) is 10.9 Å². The summed E-state index contributed by atoms with van der Waals surface area (Å²) in [6, 6.07) is 64.7. The van der Waals surface area contributed by atoms with Gasteiger partial charge in [-0.1, -0.05) is 140 Å². The van der Waals surface area contributed by atoms with Gasteiger partial charge in [-0.2, -0.15) is 0 Å². The van der Waals surface area contributed by atoms with Gasteiger partial charge < -0.3 is 14.0 Å². The molecule has 55 heavy (non-hydrogen) atoms. The monoisotopic (exact) mass is 709 g/mol. The average molecular weight is 710 g/mol. The molecule has 0 fully saturated rings. The molecule has 0 unspecified atom stereocenters. The molecular weight excluding hydrogens is 675 g/mol. The Bertz CT molecular complexity index is 2850. The summed E-state index contributed by atoms with van der Waals surface area (Å²) in [5.41, 5.74) is 10.3. The molecule has 2 heterocycles. The predicted molar refractivity (Wildman–Crippen MR) is 221 cm³/mol. The van der Waals surface area contributed by atoms with E-state index in [1.165, 1.54) is 0 Å². The van der Waals surface area contributed by atoms with E-state index in [0.717, 1.165) is 72.7 Å². The molecule has 1 aliphatic heterocycles. The second-order valence-electron chi connectivity index (χ2n) is 14.1. The number of aryl methyl sites for hydroxylation is 1. The minimum absolute atomic E-state index is 0.643. The van der Waals surface area contributed by atoms with Crippen molar-refractivity contribution in [2.75, 3.05) is 0 Å². The molecule has 0 N–H and O–H groups in total. The van der Waals surface area contributed by atoms with Crippen molar-refractivity contribution >= 4 is 28.1 Å². The molecule has 9 aromatic rings. The fourth-order valence-corrected chi connectivity index (χ4v) is 8.59. The second kappa shape index (κ2) is 13.0. The van der Waals surface area contributed by atoms with Crippen molar-refractivity contribution in [2.45, 2.75) is 12.3 Å². The molecule has 1 aliphatic rings. The van der Waals surface area contributed by atoms with Crippen LogP contribution in [0.15, 0.2) is 188 Å². The van der Waals surface area contributed by atoms with Gasteiger partial charge in [0.05, 0.1) is 10.9 Å². The lowest BCUT2D eigenvalue weighted by Gasteiger charge is -2.38. The Morgan fingerprint density at radius 2 is 1.13 bits per heavy atom. The van der Waals surface area contributed by atoms with Gasteiger partial charge in [0.2, 0.25) is 0 Å². The number of benzene rings is 8. The third kappa shape index (κ3) is 5.10. The molecule has 4 heteroatoms. The molecule has 0 saturated heterocycles. The van der Waals surface area contributed by atoms with Crippen LogP contribution in [0.25, 0.3) is 38.6 Å². The summed E-state index contributed by atoms with van der Waals surface area (Å²) in [5, 5.41) is 2.22. The van der Waals surface area contributed by atoms with E-state index in [1.54, 1.807) is 0 Å². The highest BCUT2D eigenvalue weighted by molar-refractivity contribution is 6.12. The lowest BCUT2D eigenvalue weighted by molar-refractivity contribution is 0.112. The summed E-state index contributed by atoms with van der Waals surface area (Å²) in [5.74, 6) is 2.76. The highest BCUT2D eigenvalue weighted by Gasteiger charge is 2.41. The average Bonchev–Trinajstić information content (AvgIpc) is 3.59. The van der Waals surface area contributed by atoms with E-state index >= 15 is 0 Å². The van der Waals surface area contributed by atoms with Gasteiger partial charge in [0.1, 0.15) is 11.8 Å². The number of rotatable bonds is 7. The van der Waals surface area contributed by atoms with Crippen LogP contribution in [0.3, 0.4) is 0 Å². The molecule has 0 aliphatic carbocycles. The lowest BCUT2D eigenvalue weighted by atomic mass is 9.63. The molecule has 0 amide bonds. The van der Waals surface area contributed by atoms with Gasteiger partial charge in [-0.05, 0) is 94.4 Å². The summed E-state index contributed by atoms with van der Waals surface area (Å²) in [4.78, 5) is 13.3. The highest BCUT2D eigenvalue weighted by Crippen LogP contribution is 2.51. The molecule has 10 rings (SSSR count). The van der Waals surface area contributed by atoms with Crippen LogP contribution in [0.1, 0.15) is 38.2 Å². The third-order valence-electron chi connectivity index (χ3n) is 11.0. The zero-order chi connectivity index (χ0) is 36.9. The van der Waals surface area contributed by atoms with E-state index in [-0.39, 0.29) is 0 Å². The number of aromatic nitrogens is 1. The van der Waals surface area contributed by atoms with Gasteiger partial charge in [-0.3, -0.25) is 4.79 Å². The fourth-order valence-electron chi connectivity index (χ4n) is 8.59. The number of nitrogens with zero attached hydrogens (tertiary/aromatic N) is 1. The Labute approximate surface area is 319 Å². The number of carbonyl (C=O) groups is 1. The minimum atomic E-state index is -0.728. The number of fused-ring (bicyclic) bond motifs is 6. The molecule has 8 aromatic carbocycles.